The average Bonchev–Trinajstić information content (AvgIpc) is 3.15. The first-order valence-electron chi connectivity index (χ1n) is 7.65. The topological polar surface area (TPSA) is 70.4 Å². The van der Waals surface area contributed by atoms with Crippen molar-refractivity contribution in [3.05, 3.63) is 58.9 Å². The summed E-state index contributed by atoms with van der Waals surface area (Å²) in [6.07, 6.45) is 0. The first-order chi connectivity index (χ1) is 12.1. The third-order valence-corrected chi connectivity index (χ3v) is 5.18. The van der Waals surface area contributed by atoms with Gasteiger partial charge in [-0.3, -0.25) is 0 Å². The first kappa shape index (κ1) is 15.8. The normalized spacial score (nSPS) is 11.6. The van der Waals surface area contributed by atoms with Gasteiger partial charge in [0.2, 0.25) is 0 Å². The zero-order valence-electron chi connectivity index (χ0n) is 13.4. The van der Waals surface area contributed by atoms with Gasteiger partial charge < -0.3 is 10.7 Å². The predicted octanol–water partition coefficient (Wildman–Crippen LogP) is 5.37. The van der Waals surface area contributed by atoms with Crippen LogP contribution < -0.4 is 10.3 Å². The van der Waals surface area contributed by atoms with Crippen molar-refractivity contribution in [2.75, 3.05) is 5.73 Å². The lowest BCUT2D eigenvalue weighted by molar-refractivity contribution is -0.643. The Hall–Kier alpha value is -2.70. The molecule has 4 rings (SSSR count). The van der Waals surface area contributed by atoms with Gasteiger partial charge in [0.25, 0.3) is 0 Å². The van der Waals surface area contributed by atoms with Gasteiger partial charge >= 0.3 is 5.13 Å². The van der Waals surface area contributed by atoms with E-state index in [0.29, 0.717) is 11.6 Å². The van der Waals surface area contributed by atoms with Crippen molar-refractivity contribution in [3.8, 4) is 11.3 Å². The van der Waals surface area contributed by atoms with Crippen LogP contribution in [0.2, 0.25) is 5.02 Å². The summed E-state index contributed by atoms with van der Waals surface area (Å²) in [4.78, 5) is 3.09. The number of rotatable bonds is 3. The van der Waals surface area contributed by atoms with Crippen molar-refractivity contribution >= 4 is 50.5 Å². The van der Waals surface area contributed by atoms with Gasteiger partial charge in [-0.2, -0.15) is 0 Å². The van der Waals surface area contributed by atoms with Gasteiger partial charge in [0.05, 0.1) is 12.2 Å². The van der Waals surface area contributed by atoms with Gasteiger partial charge in [0, 0.05) is 26.7 Å². The van der Waals surface area contributed by atoms with Crippen LogP contribution in [-0.2, 0) is 7.05 Å². The number of fused-ring (bicyclic) bond motifs is 1. The highest BCUT2D eigenvalue weighted by molar-refractivity contribution is 7.13. The Bertz CT molecular complexity index is 1080. The van der Waals surface area contributed by atoms with Crippen LogP contribution in [0.1, 0.15) is 0 Å². The summed E-state index contributed by atoms with van der Waals surface area (Å²) in [6, 6.07) is 15.6. The Morgan fingerprint density at radius 2 is 1.76 bits per heavy atom. The van der Waals surface area contributed by atoms with Crippen LogP contribution in [-0.4, -0.2) is 4.98 Å². The number of aromatic nitrogens is 2. The fraction of sp³-hybridized carbons (Fsp3) is 0.0556. The number of thiazole rings is 1. The van der Waals surface area contributed by atoms with Gasteiger partial charge in [-0.15, -0.1) is 0 Å². The smallest absolute Gasteiger partial charge is 0.385 e. The largest absolute Gasteiger partial charge is 0.408 e. The highest BCUT2D eigenvalue weighted by atomic mass is 35.5. The summed E-state index contributed by atoms with van der Waals surface area (Å²) in [5.74, 6) is 1.26. The summed E-state index contributed by atoms with van der Waals surface area (Å²) in [7, 11) is 1.97. The van der Waals surface area contributed by atoms with Gasteiger partial charge in [-0.25, -0.2) is 4.57 Å². The van der Waals surface area contributed by atoms with Crippen LogP contribution in [0, 0.1) is 0 Å². The van der Waals surface area contributed by atoms with Crippen molar-refractivity contribution in [1.29, 1.82) is 0 Å². The zero-order chi connectivity index (χ0) is 17.4. The van der Waals surface area contributed by atoms with Crippen molar-refractivity contribution in [2.24, 2.45) is 17.3 Å². The number of nitrogens with zero attached hydrogens (tertiary/aromatic N) is 3. The number of nitrogen functional groups attached to an aromatic ring is 1. The first-order valence-corrected chi connectivity index (χ1v) is 8.90. The monoisotopic (exact) mass is 368 g/mol. The van der Waals surface area contributed by atoms with Crippen molar-refractivity contribution in [2.45, 2.75) is 0 Å². The van der Waals surface area contributed by atoms with Gasteiger partial charge in [-0.1, -0.05) is 35.9 Å². The van der Waals surface area contributed by atoms with E-state index in [2.05, 4.69) is 20.6 Å². The lowest BCUT2D eigenvalue weighted by Gasteiger charge is -1.97. The van der Waals surface area contributed by atoms with Crippen LogP contribution in [0.3, 0.4) is 0 Å². The second-order valence-corrected chi connectivity index (χ2v) is 6.88. The fourth-order valence-electron chi connectivity index (χ4n) is 2.70. The molecule has 0 bridgehead atoms. The highest BCUT2D eigenvalue weighted by Gasteiger charge is 2.17. The molecular weight excluding hydrogens is 354 g/mol. The number of benzene rings is 2. The molecule has 0 radical (unpaired) electrons. The molecule has 2 heterocycles. The van der Waals surface area contributed by atoms with Crippen LogP contribution >= 0.6 is 22.9 Å². The van der Waals surface area contributed by atoms with E-state index in [1.165, 1.54) is 11.3 Å². The zero-order valence-corrected chi connectivity index (χ0v) is 15.0. The molecule has 0 fully saturated rings. The molecule has 3 N–H and O–H groups in total. The maximum Gasteiger partial charge on any atom is 0.408 e. The number of hydrogen-bond donors (Lipinski definition) is 2. The molecule has 2 aromatic heterocycles. The number of halogens is 1. The van der Waals surface area contributed by atoms with E-state index in [0.717, 1.165) is 32.2 Å². The standard InChI is InChI=1S/C18H14ClN5S/c1-24-15(11-6-8-12(19)9-7-11)10-25-18(24)23-22-17-14-5-3-2-4-13(14)16(20)21-17/h2-10H,1H3,(H2,20,21,22)/p+1. The molecule has 0 spiro atoms. The molecule has 0 saturated heterocycles. The minimum absolute atomic E-state index is 0.599. The second-order valence-electron chi connectivity index (χ2n) is 5.60. The summed E-state index contributed by atoms with van der Waals surface area (Å²) in [5.41, 5.74) is 8.14. The summed E-state index contributed by atoms with van der Waals surface area (Å²) in [5, 5.41) is 14.2. The van der Waals surface area contributed by atoms with E-state index in [9.17, 15) is 0 Å². The number of aromatic amines is 1. The summed E-state index contributed by atoms with van der Waals surface area (Å²) < 4.78 is 2.01. The van der Waals surface area contributed by atoms with E-state index in [1.54, 1.807) is 0 Å². The molecule has 0 saturated carbocycles. The molecule has 0 aliphatic carbocycles. The third kappa shape index (κ3) is 2.90. The molecule has 0 aliphatic heterocycles. The average molecular weight is 369 g/mol. The van der Waals surface area contributed by atoms with Crippen molar-refractivity contribution in [3.63, 3.8) is 0 Å². The maximum absolute atomic E-state index is 6.00. The molecule has 4 aromatic rings. The van der Waals surface area contributed by atoms with Crippen LogP contribution in [0.25, 0.3) is 22.0 Å². The Balaban J connectivity index is 1.69. The quantitative estimate of drug-likeness (QED) is 0.370. The number of H-pyrrole nitrogens is 1. The lowest BCUT2D eigenvalue weighted by Crippen LogP contribution is -2.27. The number of anilines is 1. The van der Waals surface area contributed by atoms with Gasteiger partial charge in [0.1, 0.15) is 11.5 Å². The molecule has 0 aliphatic rings. The number of hydrogen-bond acceptors (Lipinski definition) is 4. The molecule has 124 valence electrons. The molecule has 25 heavy (non-hydrogen) atoms. The van der Waals surface area contributed by atoms with Crippen LogP contribution in [0.4, 0.5) is 16.8 Å². The van der Waals surface area contributed by atoms with E-state index in [4.69, 9.17) is 17.3 Å². The summed E-state index contributed by atoms with van der Waals surface area (Å²) >= 11 is 7.49. The molecule has 0 atom stereocenters. The Morgan fingerprint density at radius 1 is 1.04 bits per heavy atom. The molecular formula is C18H15ClN5S+. The number of azo groups is 1. The molecule has 0 unspecified atom stereocenters. The number of nitrogens with two attached hydrogens (primary N) is 1. The van der Waals surface area contributed by atoms with Gasteiger partial charge in [0.15, 0.2) is 5.82 Å². The minimum atomic E-state index is 0.599. The SMILES string of the molecule is C[n+]1c(-c2ccc(Cl)cc2)csc1/N=N/c1[nH]c(N)c2ccccc12. The molecule has 7 heteroatoms. The van der Waals surface area contributed by atoms with E-state index in [1.807, 2.05) is 60.1 Å². The van der Waals surface area contributed by atoms with E-state index < -0.39 is 0 Å². The maximum atomic E-state index is 6.00. The Morgan fingerprint density at radius 3 is 2.52 bits per heavy atom. The van der Waals surface area contributed by atoms with E-state index in [-0.39, 0.29) is 0 Å². The molecule has 2 aromatic carbocycles. The van der Waals surface area contributed by atoms with E-state index >= 15 is 0 Å². The van der Waals surface area contributed by atoms with Crippen LogP contribution in [0.5, 0.6) is 0 Å². The highest BCUT2D eigenvalue weighted by Crippen LogP contribution is 2.32. The molecule has 0 amide bonds. The Labute approximate surface area is 153 Å². The Kier molecular flexibility index (Phi) is 3.99. The van der Waals surface area contributed by atoms with Gasteiger partial charge in [-0.05, 0) is 40.7 Å². The van der Waals surface area contributed by atoms with Crippen LogP contribution in [0.15, 0.2) is 64.1 Å². The lowest BCUT2D eigenvalue weighted by atomic mass is 10.2. The number of nitrogens with one attached hydrogen (secondary N) is 1. The van der Waals surface area contributed by atoms with Crippen molar-refractivity contribution < 1.29 is 4.57 Å². The summed E-state index contributed by atoms with van der Waals surface area (Å²) in [6.45, 7) is 0. The minimum Gasteiger partial charge on any atom is -0.385 e. The predicted molar refractivity (Wildman–Crippen MR) is 103 cm³/mol. The third-order valence-electron chi connectivity index (χ3n) is 4.03. The fourth-order valence-corrected chi connectivity index (χ4v) is 3.68. The molecule has 5 nitrogen and oxygen atoms in total. The second kappa shape index (κ2) is 6.31. The van der Waals surface area contributed by atoms with Crippen molar-refractivity contribution in [1.82, 2.24) is 4.98 Å².